The van der Waals surface area contributed by atoms with E-state index >= 15 is 0 Å². The van der Waals surface area contributed by atoms with Crippen LogP contribution >= 0.6 is 90.7 Å². The van der Waals surface area contributed by atoms with Crippen LogP contribution in [0.2, 0.25) is 0 Å². The minimum Gasteiger partial charge on any atom is -0.143 e. The fraction of sp³-hybridized carbons (Fsp3) is 0.429. The molecule has 0 radical (unpaired) electrons. The summed E-state index contributed by atoms with van der Waals surface area (Å²) in [4.78, 5) is 19.9. The van der Waals surface area contributed by atoms with Crippen LogP contribution in [0.5, 0.6) is 0 Å². The maximum atomic E-state index is 2.55. The first kappa shape index (κ1) is 89.7. The summed E-state index contributed by atoms with van der Waals surface area (Å²) in [6.07, 6.45) is 68.8. The highest BCUT2D eigenvalue weighted by Gasteiger charge is 2.22. The van der Waals surface area contributed by atoms with E-state index in [0.29, 0.717) is 0 Å². The Bertz CT molecular complexity index is 5030. The number of aryl methyl sites for hydroxylation is 4. The molecule has 0 saturated heterocycles. The first-order valence-corrected chi connectivity index (χ1v) is 54.1. The standard InChI is InChI=1S/C112H134S8/c1-5-9-13-17-21-25-29-33-37-41-45-91-77-79-113-109(91)101-73-69-97(115-101)99-71-75-103(117-99)111-93(47-43-39-35-31-27-23-19-15-11-7-3)81-105(119-111)87-57-51-83(52-58-87)49-55-85-61-63-89-66-68-96-86(62-64-90-65-67-95(85)107(89)108(90)96)56-50-84-53-59-88(60-54-84)106-82-94(48-44-40-36-32-28-24-20-16-12-8-4)112(120-106)104-76-72-100(118-104)98-70-74-102(116-98)110-92(78-80-114-110)46-42-38-34-30-26-22-18-14-10-6-2/h49-82H,5-48H2,1-4H3/b55-49+,56-50+. The zero-order valence-corrected chi connectivity index (χ0v) is 79.5. The summed E-state index contributed by atoms with van der Waals surface area (Å²) >= 11 is 15.8. The van der Waals surface area contributed by atoms with Gasteiger partial charge < -0.3 is 0 Å². The molecule has 0 aliphatic carbocycles. The maximum absolute atomic E-state index is 2.55. The van der Waals surface area contributed by atoms with Gasteiger partial charge >= 0.3 is 0 Å². The predicted octanol–water partition coefficient (Wildman–Crippen LogP) is 40.6. The van der Waals surface area contributed by atoms with Gasteiger partial charge in [0.1, 0.15) is 0 Å². The van der Waals surface area contributed by atoms with Crippen LogP contribution in [0.4, 0.5) is 0 Å². The van der Waals surface area contributed by atoms with Gasteiger partial charge in [-0.05, 0) is 223 Å². The lowest BCUT2D eigenvalue weighted by Crippen LogP contribution is -1.88. The Labute approximate surface area is 755 Å². The Kier molecular flexibility index (Phi) is 36.4. The molecule has 0 aliphatic rings. The summed E-state index contributed by atoms with van der Waals surface area (Å²) in [5.74, 6) is 0. The number of thiophene rings is 8. The highest BCUT2D eigenvalue weighted by atomic mass is 32.1. The first-order valence-electron chi connectivity index (χ1n) is 47.5. The van der Waals surface area contributed by atoms with Crippen LogP contribution in [0.3, 0.4) is 0 Å². The molecule has 8 heterocycles. The normalized spacial score (nSPS) is 12.1. The Morgan fingerprint density at radius 3 is 0.783 bits per heavy atom. The van der Waals surface area contributed by atoms with Crippen LogP contribution in [0.25, 0.3) is 136 Å². The summed E-state index contributed by atoms with van der Waals surface area (Å²) in [7, 11) is 0. The number of unbranched alkanes of at least 4 members (excludes halogenated alkanes) is 36. The van der Waals surface area contributed by atoms with Crippen molar-refractivity contribution in [1.82, 2.24) is 0 Å². The number of benzene rings is 6. The van der Waals surface area contributed by atoms with E-state index in [1.165, 1.54) is 415 Å². The SMILES string of the molecule is CCCCCCCCCCCCc1ccsc1-c1ccc(-c2ccc(-c3sc(-c4ccc(/C=C/c5ccc6ccc7c(/C=C/c8ccc(-c9cc(CCCCCCCCCCCC)c(-c%10ccc(-c%11ccc(-c%12sccc%12CCCCCCCCCCCC)s%11)s%10)s9)cc8)ccc8ccc5c6c87)cc4)cc3CCCCCCCCCCCC)s2)s1. The third-order valence-electron chi connectivity index (χ3n) is 25.1. The molecule has 8 aromatic heterocycles. The van der Waals surface area contributed by atoms with E-state index in [1.54, 1.807) is 11.1 Å². The molecular weight excluding hydrogens is 1600 g/mol. The van der Waals surface area contributed by atoms with Crippen molar-refractivity contribution in [3.8, 4) is 79.4 Å². The Morgan fingerprint density at radius 1 is 0.208 bits per heavy atom. The molecule has 0 atom stereocenters. The summed E-state index contributed by atoms with van der Waals surface area (Å²) in [5.41, 5.74) is 13.7. The zero-order chi connectivity index (χ0) is 82.1. The summed E-state index contributed by atoms with van der Waals surface area (Å²) in [6.45, 7) is 9.26. The van der Waals surface area contributed by atoms with Crippen LogP contribution in [0, 0.1) is 0 Å². The molecule has 630 valence electrons. The van der Waals surface area contributed by atoms with E-state index in [4.69, 9.17) is 0 Å². The maximum Gasteiger partial charge on any atom is 0.0481 e. The van der Waals surface area contributed by atoms with E-state index in [-0.39, 0.29) is 0 Å². The van der Waals surface area contributed by atoms with Gasteiger partial charge in [0.2, 0.25) is 0 Å². The fourth-order valence-electron chi connectivity index (χ4n) is 18.0. The van der Waals surface area contributed by atoms with Crippen LogP contribution in [-0.2, 0) is 25.7 Å². The fourth-order valence-corrected chi connectivity index (χ4v) is 27.2. The zero-order valence-electron chi connectivity index (χ0n) is 73.0. The third kappa shape index (κ3) is 25.4. The molecule has 0 nitrogen and oxygen atoms in total. The molecule has 0 amide bonds. The monoisotopic (exact) mass is 1730 g/mol. The minimum absolute atomic E-state index is 1.14. The van der Waals surface area contributed by atoms with Gasteiger partial charge in [-0.1, -0.05) is 380 Å². The topological polar surface area (TPSA) is 0 Å². The first-order chi connectivity index (χ1) is 59.4. The highest BCUT2D eigenvalue weighted by Crippen LogP contribution is 2.50. The van der Waals surface area contributed by atoms with Crippen molar-refractivity contribution < 1.29 is 0 Å². The molecule has 14 aromatic rings. The van der Waals surface area contributed by atoms with Crippen molar-refractivity contribution in [2.24, 2.45) is 0 Å². The van der Waals surface area contributed by atoms with Crippen molar-refractivity contribution in [2.75, 3.05) is 0 Å². The predicted molar refractivity (Wildman–Crippen MR) is 550 cm³/mol. The lowest BCUT2D eigenvalue weighted by molar-refractivity contribution is 0.556. The van der Waals surface area contributed by atoms with Gasteiger partial charge in [-0.3, -0.25) is 0 Å². The van der Waals surface area contributed by atoms with Crippen molar-refractivity contribution in [3.05, 3.63) is 225 Å². The van der Waals surface area contributed by atoms with Crippen LogP contribution < -0.4 is 0 Å². The van der Waals surface area contributed by atoms with Crippen molar-refractivity contribution in [3.63, 3.8) is 0 Å². The van der Waals surface area contributed by atoms with Gasteiger partial charge in [0.05, 0.1) is 0 Å². The van der Waals surface area contributed by atoms with Crippen LogP contribution in [0.1, 0.15) is 329 Å². The molecule has 0 unspecified atom stereocenters. The molecule has 0 bridgehead atoms. The second-order valence-corrected chi connectivity index (χ2v) is 42.8. The third-order valence-corrected chi connectivity index (χ3v) is 35.0. The van der Waals surface area contributed by atoms with Crippen molar-refractivity contribution in [1.29, 1.82) is 0 Å². The molecule has 0 N–H and O–H groups in total. The molecule has 0 spiro atoms. The molecule has 0 aliphatic heterocycles. The van der Waals surface area contributed by atoms with Crippen molar-refractivity contribution in [2.45, 2.75) is 310 Å². The van der Waals surface area contributed by atoms with Crippen LogP contribution in [-0.4, -0.2) is 0 Å². The van der Waals surface area contributed by atoms with E-state index < -0.39 is 0 Å². The lowest BCUT2D eigenvalue weighted by atomic mass is 9.89. The lowest BCUT2D eigenvalue weighted by Gasteiger charge is -2.14. The van der Waals surface area contributed by atoms with E-state index in [9.17, 15) is 0 Å². The Hall–Kier alpha value is -6.56. The minimum atomic E-state index is 1.14. The van der Waals surface area contributed by atoms with Gasteiger partial charge in [0.25, 0.3) is 0 Å². The number of rotatable bonds is 56. The Balaban J connectivity index is 0.632. The average Bonchev–Trinajstić information content (AvgIpc) is 1.56. The molecule has 6 aromatic carbocycles. The molecule has 8 heteroatoms. The molecule has 14 rings (SSSR count). The van der Waals surface area contributed by atoms with Gasteiger partial charge in [0.15, 0.2) is 0 Å². The Morgan fingerprint density at radius 2 is 0.475 bits per heavy atom. The van der Waals surface area contributed by atoms with Gasteiger partial charge in [-0.15, -0.1) is 90.7 Å². The average molecular weight is 1740 g/mol. The van der Waals surface area contributed by atoms with Gasteiger partial charge in [-0.2, -0.15) is 0 Å². The quantitative estimate of drug-likeness (QED) is 0.0202. The van der Waals surface area contributed by atoms with Crippen LogP contribution in [0.15, 0.2) is 181 Å². The summed E-state index contributed by atoms with van der Waals surface area (Å²) < 4.78 is 0. The van der Waals surface area contributed by atoms with E-state index in [0.717, 1.165) is 12.8 Å². The smallest absolute Gasteiger partial charge is 0.0481 e. The summed E-state index contributed by atoms with van der Waals surface area (Å²) in [5, 5.41) is 12.5. The second-order valence-electron chi connectivity index (χ2n) is 34.5. The second kappa shape index (κ2) is 48.6. The van der Waals surface area contributed by atoms with Gasteiger partial charge in [0, 0.05) is 68.3 Å². The molecule has 0 saturated carbocycles. The number of hydrogen-bond acceptors (Lipinski definition) is 8. The molecule has 120 heavy (non-hydrogen) atoms. The number of hydrogen-bond donors (Lipinski definition) is 0. The molecule has 0 fully saturated rings. The van der Waals surface area contributed by atoms with E-state index in [2.05, 4.69) is 233 Å². The molecular formula is C112H134S8. The van der Waals surface area contributed by atoms with Gasteiger partial charge in [-0.25, -0.2) is 0 Å². The van der Waals surface area contributed by atoms with E-state index in [1.807, 2.05) is 90.7 Å². The highest BCUT2D eigenvalue weighted by molar-refractivity contribution is 7.30. The van der Waals surface area contributed by atoms with Crippen molar-refractivity contribution >= 4 is 147 Å². The largest absolute Gasteiger partial charge is 0.143 e. The summed E-state index contributed by atoms with van der Waals surface area (Å²) in [6, 6.07) is 66.6.